The highest BCUT2D eigenvalue weighted by Crippen LogP contribution is 2.38. The summed E-state index contributed by atoms with van der Waals surface area (Å²) in [4.78, 5) is 13.8. The average molecular weight is 544 g/mol. The van der Waals surface area contributed by atoms with Crippen LogP contribution in [0.25, 0.3) is 0 Å². The molecule has 0 bridgehead atoms. The molecule has 0 saturated heterocycles. The zero-order chi connectivity index (χ0) is 23.5. The Kier molecular flexibility index (Phi) is 7.81. The number of halogens is 3. The van der Waals surface area contributed by atoms with Crippen LogP contribution < -0.4 is 10.6 Å². The summed E-state index contributed by atoms with van der Waals surface area (Å²) in [5, 5.41) is 13.1. The summed E-state index contributed by atoms with van der Waals surface area (Å²) in [5.41, 5.74) is 2.50. The summed E-state index contributed by atoms with van der Waals surface area (Å²) in [6, 6.07) is 5.30. The van der Waals surface area contributed by atoms with E-state index >= 15 is 0 Å². The van der Waals surface area contributed by atoms with E-state index in [4.69, 9.17) is 51.8 Å². The number of hydrogen-bond donors (Lipinski definition) is 2. The molecule has 2 N–H and O–H groups in total. The van der Waals surface area contributed by atoms with Crippen molar-refractivity contribution in [3.63, 3.8) is 0 Å². The van der Waals surface area contributed by atoms with Crippen LogP contribution in [0.3, 0.4) is 0 Å². The minimum atomic E-state index is -0.329. The average Bonchev–Trinajstić information content (AvgIpc) is 3.29. The first-order chi connectivity index (χ1) is 15.9. The molecule has 1 aliphatic carbocycles. The topological polar surface area (TPSA) is 68.2 Å². The Labute approximate surface area is 216 Å². The lowest BCUT2D eigenvalue weighted by Gasteiger charge is -2.13. The van der Waals surface area contributed by atoms with Crippen LogP contribution in [0.15, 0.2) is 24.4 Å². The number of aryl methyl sites for hydroxylation is 1. The zero-order valence-electron chi connectivity index (χ0n) is 17.7. The number of rotatable bonds is 6. The third kappa shape index (κ3) is 5.63. The van der Waals surface area contributed by atoms with Gasteiger partial charge < -0.3 is 15.4 Å². The van der Waals surface area contributed by atoms with Gasteiger partial charge in [0.25, 0.3) is 0 Å². The maximum Gasteiger partial charge on any atom is 0.341 e. The first-order valence-electron chi connectivity index (χ1n) is 10.4. The molecule has 1 aromatic carbocycles. The van der Waals surface area contributed by atoms with Crippen LogP contribution in [0.4, 0.5) is 10.8 Å². The van der Waals surface area contributed by atoms with Crippen molar-refractivity contribution in [3.05, 3.63) is 61.0 Å². The Morgan fingerprint density at radius 1 is 1.21 bits per heavy atom. The molecule has 0 atom stereocenters. The zero-order valence-corrected chi connectivity index (χ0v) is 21.6. The van der Waals surface area contributed by atoms with Gasteiger partial charge in [-0.05, 0) is 68.1 Å². The molecule has 1 aliphatic rings. The molecule has 0 spiro atoms. The first-order valence-corrected chi connectivity index (χ1v) is 12.8. The van der Waals surface area contributed by atoms with Crippen molar-refractivity contribution in [2.45, 2.75) is 39.2 Å². The van der Waals surface area contributed by atoms with Gasteiger partial charge in [0, 0.05) is 21.1 Å². The summed E-state index contributed by atoms with van der Waals surface area (Å²) in [7, 11) is 0. The number of nitrogens with one attached hydrogen (secondary N) is 2. The highest BCUT2D eigenvalue weighted by atomic mass is 35.5. The van der Waals surface area contributed by atoms with Crippen molar-refractivity contribution >= 4 is 80.3 Å². The number of ether oxygens (including phenoxy) is 1. The quantitative estimate of drug-likeness (QED) is 0.263. The number of benzene rings is 1. The molecule has 0 radical (unpaired) electrons. The monoisotopic (exact) mass is 542 g/mol. The minimum absolute atomic E-state index is 0.288. The van der Waals surface area contributed by atoms with Gasteiger partial charge in [0.05, 0.1) is 18.7 Å². The normalized spacial score (nSPS) is 12.8. The summed E-state index contributed by atoms with van der Waals surface area (Å²) >= 11 is 25.6. The van der Waals surface area contributed by atoms with E-state index in [0.717, 1.165) is 36.8 Å². The van der Waals surface area contributed by atoms with Crippen molar-refractivity contribution in [1.82, 2.24) is 9.78 Å². The van der Waals surface area contributed by atoms with Crippen molar-refractivity contribution < 1.29 is 9.53 Å². The van der Waals surface area contributed by atoms with Gasteiger partial charge in [0.2, 0.25) is 0 Å². The highest BCUT2D eigenvalue weighted by molar-refractivity contribution is 7.80. The minimum Gasteiger partial charge on any atom is -0.462 e. The Morgan fingerprint density at radius 3 is 2.76 bits per heavy atom. The van der Waals surface area contributed by atoms with E-state index in [1.165, 1.54) is 4.88 Å². The number of anilines is 2. The number of thiophene rings is 1. The number of carbonyl (C=O) groups is 1. The van der Waals surface area contributed by atoms with Crippen LogP contribution in [0.5, 0.6) is 0 Å². The molecule has 33 heavy (non-hydrogen) atoms. The lowest BCUT2D eigenvalue weighted by molar-refractivity contribution is 0.0526. The summed E-state index contributed by atoms with van der Waals surface area (Å²) in [6.45, 7) is 2.53. The van der Waals surface area contributed by atoms with Crippen LogP contribution in [0.1, 0.15) is 46.1 Å². The number of aromatic nitrogens is 2. The Hall–Kier alpha value is -1.84. The van der Waals surface area contributed by atoms with E-state index in [1.54, 1.807) is 41.3 Å². The predicted octanol–water partition coefficient (Wildman–Crippen LogP) is 6.82. The SMILES string of the molecule is CCOC(=O)c1c(NC(=S)Nc2nn(Cc3ccc(Cl)cc3Cl)cc2Cl)sc2c1CCCC2. The maximum atomic E-state index is 12.6. The molecule has 11 heteroatoms. The van der Waals surface area contributed by atoms with Gasteiger partial charge in [-0.15, -0.1) is 11.3 Å². The van der Waals surface area contributed by atoms with Gasteiger partial charge in [-0.25, -0.2) is 4.79 Å². The van der Waals surface area contributed by atoms with E-state index in [2.05, 4.69) is 15.7 Å². The Bertz CT molecular complexity index is 1210. The number of esters is 1. The molecule has 0 amide bonds. The van der Waals surface area contributed by atoms with E-state index in [-0.39, 0.29) is 11.1 Å². The molecular weight excluding hydrogens is 523 g/mol. The number of carbonyl (C=O) groups excluding carboxylic acids is 1. The van der Waals surface area contributed by atoms with Crippen molar-refractivity contribution in [3.8, 4) is 0 Å². The lowest BCUT2D eigenvalue weighted by atomic mass is 9.95. The number of thiocarbonyl (C=S) groups is 1. The lowest BCUT2D eigenvalue weighted by Crippen LogP contribution is -2.21. The molecule has 3 aromatic rings. The van der Waals surface area contributed by atoms with Gasteiger partial charge in [-0.1, -0.05) is 40.9 Å². The Morgan fingerprint density at radius 2 is 2.00 bits per heavy atom. The van der Waals surface area contributed by atoms with Gasteiger partial charge in [-0.2, -0.15) is 5.10 Å². The van der Waals surface area contributed by atoms with Crippen molar-refractivity contribution in [2.75, 3.05) is 17.2 Å². The summed E-state index contributed by atoms with van der Waals surface area (Å²) < 4.78 is 6.96. The van der Waals surface area contributed by atoms with E-state index in [0.29, 0.717) is 44.6 Å². The molecule has 6 nitrogen and oxygen atoms in total. The number of fused-ring (bicyclic) bond motifs is 1. The summed E-state index contributed by atoms with van der Waals surface area (Å²) in [5.74, 6) is 0.0719. The molecule has 2 aromatic heterocycles. The molecule has 0 fully saturated rings. The smallest absolute Gasteiger partial charge is 0.341 e. The second-order valence-electron chi connectivity index (χ2n) is 7.47. The largest absolute Gasteiger partial charge is 0.462 e. The van der Waals surface area contributed by atoms with Crippen molar-refractivity contribution in [2.24, 2.45) is 0 Å². The molecule has 0 saturated carbocycles. The fraction of sp³-hybridized carbons (Fsp3) is 0.318. The van der Waals surface area contributed by atoms with E-state index in [9.17, 15) is 4.79 Å². The number of hydrogen-bond acceptors (Lipinski definition) is 5. The fourth-order valence-corrected chi connectivity index (χ4v) is 5.91. The van der Waals surface area contributed by atoms with E-state index in [1.807, 2.05) is 6.07 Å². The van der Waals surface area contributed by atoms with Crippen LogP contribution >= 0.6 is 58.4 Å². The Balaban J connectivity index is 1.49. The van der Waals surface area contributed by atoms with Crippen LogP contribution in [-0.4, -0.2) is 27.5 Å². The summed E-state index contributed by atoms with van der Waals surface area (Å²) in [6.07, 6.45) is 5.68. The number of nitrogens with zero attached hydrogens (tertiary/aromatic N) is 2. The van der Waals surface area contributed by atoms with Gasteiger partial charge in [-0.3, -0.25) is 4.68 Å². The second kappa shape index (κ2) is 10.6. The molecule has 174 valence electrons. The second-order valence-corrected chi connectivity index (χ2v) is 10.2. The van der Waals surface area contributed by atoms with Gasteiger partial charge in [0.15, 0.2) is 10.9 Å². The fourth-order valence-electron chi connectivity index (χ4n) is 3.70. The molecule has 0 aliphatic heterocycles. The first kappa shape index (κ1) is 24.3. The third-order valence-corrected chi connectivity index (χ3v) is 7.45. The molecular formula is C22H21Cl3N4O2S2. The highest BCUT2D eigenvalue weighted by Gasteiger charge is 2.27. The molecule has 0 unspecified atom stereocenters. The van der Waals surface area contributed by atoms with E-state index < -0.39 is 0 Å². The van der Waals surface area contributed by atoms with Gasteiger partial charge in [0.1, 0.15) is 10.0 Å². The van der Waals surface area contributed by atoms with Crippen LogP contribution in [-0.2, 0) is 24.1 Å². The third-order valence-electron chi connectivity index (χ3n) is 5.17. The maximum absolute atomic E-state index is 12.6. The van der Waals surface area contributed by atoms with Crippen LogP contribution in [0, 0.1) is 0 Å². The predicted molar refractivity (Wildman–Crippen MR) is 140 cm³/mol. The molecule has 2 heterocycles. The van der Waals surface area contributed by atoms with Crippen molar-refractivity contribution in [1.29, 1.82) is 0 Å². The van der Waals surface area contributed by atoms with Crippen LogP contribution in [0.2, 0.25) is 15.1 Å². The van der Waals surface area contributed by atoms with Gasteiger partial charge >= 0.3 is 5.97 Å². The molecule has 4 rings (SSSR count). The standard InChI is InChI=1S/C22H21Cl3N4O2S2/c1-2-31-21(30)18-14-5-3-4-6-17(14)33-20(18)27-22(32)26-19-16(25)11-29(28-19)10-12-7-8-13(23)9-15(12)24/h7-9,11H,2-6,10H2,1H3,(H2,26,27,28,32).